The van der Waals surface area contributed by atoms with Gasteiger partial charge in [-0.3, -0.25) is 4.79 Å². The molecule has 0 saturated heterocycles. The minimum absolute atomic E-state index is 0.0178. The number of aromatic nitrogens is 2. The zero-order chi connectivity index (χ0) is 22.4. The Morgan fingerprint density at radius 1 is 1.17 bits per heavy atom. The molecule has 0 fully saturated rings. The Kier molecular flexibility index (Phi) is 8.17. The molecule has 0 radical (unpaired) electrons. The van der Waals surface area contributed by atoms with Gasteiger partial charge in [0.2, 0.25) is 5.91 Å². The second-order valence-corrected chi connectivity index (χ2v) is 8.45. The van der Waals surface area contributed by atoms with Gasteiger partial charge in [0.15, 0.2) is 0 Å². The molecule has 1 amide bonds. The van der Waals surface area contributed by atoms with Crippen molar-refractivity contribution >= 4 is 11.9 Å². The van der Waals surface area contributed by atoms with Crippen LogP contribution in [0.15, 0.2) is 30.7 Å². The van der Waals surface area contributed by atoms with Crippen molar-refractivity contribution in [2.45, 2.75) is 66.2 Å². The van der Waals surface area contributed by atoms with Crippen LogP contribution in [-0.2, 0) is 20.9 Å². The number of imidazole rings is 1. The molecule has 1 aromatic heterocycles. The fourth-order valence-corrected chi connectivity index (χ4v) is 3.29. The van der Waals surface area contributed by atoms with E-state index in [0.29, 0.717) is 0 Å². The summed E-state index contributed by atoms with van der Waals surface area (Å²) in [7, 11) is 0. The van der Waals surface area contributed by atoms with Crippen molar-refractivity contribution in [3.8, 4) is 0 Å². The van der Waals surface area contributed by atoms with Crippen molar-refractivity contribution in [1.29, 1.82) is 0 Å². The molecule has 2 rings (SSSR count). The van der Waals surface area contributed by atoms with Gasteiger partial charge in [0, 0.05) is 12.1 Å². The Balaban J connectivity index is 2.08. The molecule has 1 aromatic carbocycles. The standard InChI is InChI=1S/C23H34N4O3/c1-13(2)20(24)22(28)27-21(14(3)4)23(29)30-11-17-8-7-9-18(15(17)5)16(6)19-10-25-12-26-19/h7-10,12-14,16,20-21H,11,24H2,1-6H3,(H,25,26)(H,27,28)/t16-,20?,21?/m0/s1. The van der Waals surface area contributed by atoms with Crippen molar-refractivity contribution in [3.63, 3.8) is 0 Å². The van der Waals surface area contributed by atoms with Gasteiger partial charge in [0.1, 0.15) is 12.6 Å². The van der Waals surface area contributed by atoms with Crippen LogP contribution in [0.25, 0.3) is 0 Å². The molecule has 30 heavy (non-hydrogen) atoms. The lowest BCUT2D eigenvalue weighted by molar-refractivity contribution is -0.150. The minimum Gasteiger partial charge on any atom is -0.459 e. The molecule has 3 atom stereocenters. The summed E-state index contributed by atoms with van der Waals surface area (Å²) in [4.78, 5) is 32.3. The molecule has 0 spiro atoms. The zero-order valence-electron chi connectivity index (χ0n) is 18.7. The fourth-order valence-electron chi connectivity index (χ4n) is 3.29. The molecule has 0 bridgehead atoms. The maximum Gasteiger partial charge on any atom is 0.329 e. The third kappa shape index (κ3) is 5.69. The van der Waals surface area contributed by atoms with E-state index in [0.717, 1.165) is 22.4 Å². The number of aromatic amines is 1. The smallest absolute Gasteiger partial charge is 0.329 e. The monoisotopic (exact) mass is 414 g/mol. The summed E-state index contributed by atoms with van der Waals surface area (Å²) in [5, 5.41) is 2.75. The first-order valence-corrected chi connectivity index (χ1v) is 10.4. The third-order valence-electron chi connectivity index (χ3n) is 5.53. The molecule has 0 aliphatic heterocycles. The van der Waals surface area contributed by atoms with E-state index in [1.54, 1.807) is 6.33 Å². The van der Waals surface area contributed by atoms with E-state index in [-0.39, 0.29) is 30.3 Å². The number of carbonyl (C=O) groups is 2. The number of hydrogen-bond donors (Lipinski definition) is 3. The molecule has 0 aliphatic carbocycles. The summed E-state index contributed by atoms with van der Waals surface area (Å²) in [5.41, 5.74) is 9.98. The summed E-state index contributed by atoms with van der Waals surface area (Å²) in [6.07, 6.45) is 3.55. The number of carbonyl (C=O) groups excluding carboxylic acids is 2. The van der Waals surface area contributed by atoms with Crippen LogP contribution in [0.2, 0.25) is 0 Å². The molecule has 4 N–H and O–H groups in total. The lowest BCUT2D eigenvalue weighted by Gasteiger charge is -2.24. The number of benzene rings is 1. The highest BCUT2D eigenvalue weighted by molar-refractivity contribution is 5.87. The van der Waals surface area contributed by atoms with Gasteiger partial charge in [-0.1, -0.05) is 52.8 Å². The number of amides is 1. The van der Waals surface area contributed by atoms with Gasteiger partial charge < -0.3 is 20.8 Å². The van der Waals surface area contributed by atoms with Crippen molar-refractivity contribution in [1.82, 2.24) is 15.3 Å². The van der Waals surface area contributed by atoms with Gasteiger partial charge in [0.05, 0.1) is 18.1 Å². The van der Waals surface area contributed by atoms with E-state index >= 15 is 0 Å². The summed E-state index contributed by atoms with van der Waals surface area (Å²) in [5.74, 6) is -0.818. The molecule has 0 aliphatic rings. The van der Waals surface area contributed by atoms with Crippen LogP contribution in [0, 0.1) is 18.8 Å². The normalized spacial score (nSPS) is 14.4. The van der Waals surface area contributed by atoms with E-state index in [2.05, 4.69) is 28.3 Å². The van der Waals surface area contributed by atoms with Gasteiger partial charge in [-0.15, -0.1) is 0 Å². The molecule has 164 valence electrons. The highest BCUT2D eigenvalue weighted by Gasteiger charge is 2.29. The number of ether oxygens (including phenoxy) is 1. The topological polar surface area (TPSA) is 110 Å². The number of nitrogens with one attached hydrogen (secondary N) is 2. The Bertz CT molecular complexity index is 846. The Morgan fingerprint density at radius 2 is 1.87 bits per heavy atom. The van der Waals surface area contributed by atoms with E-state index in [4.69, 9.17) is 10.5 Å². The van der Waals surface area contributed by atoms with Crippen molar-refractivity contribution in [3.05, 3.63) is 53.1 Å². The van der Waals surface area contributed by atoms with Crippen molar-refractivity contribution in [2.75, 3.05) is 0 Å². The third-order valence-corrected chi connectivity index (χ3v) is 5.53. The van der Waals surface area contributed by atoms with Crippen molar-refractivity contribution < 1.29 is 14.3 Å². The summed E-state index contributed by atoms with van der Waals surface area (Å²) >= 11 is 0. The molecular formula is C23H34N4O3. The van der Waals surface area contributed by atoms with Gasteiger partial charge in [-0.05, 0) is 35.4 Å². The highest BCUT2D eigenvalue weighted by Crippen LogP contribution is 2.27. The SMILES string of the molecule is Cc1c(COC(=O)C(NC(=O)C(N)C(C)C)C(C)C)cccc1[C@H](C)c1c[nH]cn1. The number of H-pyrrole nitrogens is 1. The Labute approximate surface area is 178 Å². The van der Waals surface area contributed by atoms with Crippen LogP contribution in [0.5, 0.6) is 0 Å². The first kappa shape index (κ1) is 23.6. The van der Waals surface area contributed by atoms with E-state index in [1.807, 2.05) is 52.9 Å². The van der Waals surface area contributed by atoms with Crippen LogP contribution < -0.4 is 11.1 Å². The molecular weight excluding hydrogens is 380 g/mol. The summed E-state index contributed by atoms with van der Waals surface area (Å²) in [6.45, 7) is 11.7. The molecule has 2 unspecified atom stereocenters. The average Bonchev–Trinajstić information content (AvgIpc) is 3.24. The van der Waals surface area contributed by atoms with Crippen LogP contribution in [-0.4, -0.2) is 33.9 Å². The van der Waals surface area contributed by atoms with Crippen LogP contribution in [0.1, 0.15) is 62.9 Å². The van der Waals surface area contributed by atoms with E-state index in [9.17, 15) is 9.59 Å². The molecule has 7 nitrogen and oxygen atoms in total. The number of nitrogens with two attached hydrogens (primary N) is 1. The Hall–Kier alpha value is -2.67. The van der Waals surface area contributed by atoms with Crippen LogP contribution in [0.4, 0.5) is 0 Å². The van der Waals surface area contributed by atoms with Gasteiger partial charge in [-0.2, -0.15) is 0 Å². The number of esters is 1. The zero-order valence-corrected chi connectivity index (χ0v) is 18.7. The van der Waals surface area contributed by atoms with Gasteiger partial charge in [-0.25, -0.2) is 9.78 Å². The summed E-state index contributed by atoms with van der Waals surface area (Å²) in [6, 6.07) is 4.55. The molecule has 2 aromatic rings. The Morgan fingerprint density at radius 3 is 2.43 bits per heavy atom. The molecule has 1 heterocycles. The largest absolute Gasteiger partial charge is 0.459 e. The maximum atomic E-state index is 12.7. The van der Waals surface area contributed by atoms with E-state index < -0.39 is 18.1 Å². The fraction of sp³-hybridized carbons (Fsp3) is 0.522. The molecule has 0 saturated carbocycles. The maximum absolute atomic E-state index is 12.7. The number of nitrogens with zero attached hydrogens (tertiary/aromatic N) is 1. The van der Waals surface area contributed by atoms with Gasteiger partial charge >= 0.3 is 5.97 Å². The second kappa shape index (κ2) is 10.4. The van der Waals surface area contributed by atoms with Gasteiger partial charge in [0.25, 0.3) is 0 Å². The number of rotatable bonds is 9. The quantitative estimate of drug-likeness (QED) is 0.546. The number of hydrogen-bond acceptors (Lipinski definition) is 5. The van der Waals surface area contributed by atoms with Crippen LogP contribution in [0.3, 0.4) is 0 Å². The predicted octanol–water partition coefficient (Wildman–Crippen LogP) is 3.04. The first-order chi connectivity index (χ1) is 14.1. The second-order valence-electron chi connectivity index (χ2n) is 8.45. The summed E-state index contributed by atoms with van der Waals surface area (Å²) < 4.78 is 5.58. The van der Waals surface area contributed by atoms with Crippen LogP contribution >= 0.6 is 0 Å². The average molecular weight is 415 g/mol. The van der Waals surface area contributed by atoms with Crippen molar-refractivity contribution in [2.24, 2.45) is 17.6 Å². The lowest BCUT2D eigenvalue weighted by Crippen LogP contribution is -2.52. The first-order valence-electron chi connectivity index (χ1n) is 10.4. The highest BCUT2D eigenvalue weighted by atomic mass is 16.5. The lowest BCUT2D eigenvalue weighted by atomic mass is 9.91. The molecule has 7 heteroatoms. The van der Waals surface area contributed by atoms with E-state index in [1.165, 1.54) is 0 Å². The predicted molar refractivity (Wildman–Crippen MR) is 117 cm³/mol. The minimum atomic E-state index is -0.742.